The molecule has 0 unspecified atom stereocenters. The maximum absolute atomic E-state index is 13.6. The van der Waals surface area contributed by atoms with E-state index in [1.807, 2.05) is 0 Å². The minimum Gasteiger partial charge on any atom is -0.325 e. The van der Waals surface area contributed by atoms with E-state index >= 15 is 0 Å². The predicted octanol–water partition coefficient (Wildman–Crippen LogP) is 1.53. The van der Waals surface area contributed by atoms with Gasteiger partial charge in [-0.05, 0) is 31.2 Å². The first-order valence-electron chi connectivity index (χ1n) is 6.38. The second kappa shape index (κ2) is 6.63. The van der Waals surface area contributed by atoms with Gasteiger partial charge in [0.15, 0.2) is 0 Å². The number of halogens is 1. The number of hydrogen-bond donors (Lipinski definition) is 2. The van der Waals surface area contributed by atoms with Gasteiger partial charge in [-0.1, -0.05) is 12.1 Å². The SMILES string of the molecule is C[C@H](NS(=O)(=O)c1ccccc1F)C(=O)Nc1ccncc1. The fourth-order valence-corrected chi connectivity index (χ4v) is 2.98. The van der Waals surface area contributed by atoms with E-state index < -0.39 is 32.7 Å². The molecule has 2 aromatic rings. The van der Waals surface area contributed by atoms with E-state index in [9.17, 15) is 17.6 Å². The number of hydrogen-bond acceptors (Lipinski definition) is 4. The van der Waals surface area contributed by atoms with Crippen LogP contribution in [0.1, 0.15) is 6.92 Å². The average molecular weight is 323 g/mol. The summed E-state index contributed by atoms with van der Waals surface area (Å²) in [6.45, 7) is 1.37. The van der Waals surface area contributed by atoms with Gasteiger partial charge in [-0.3, -0.25) is 9.78 Å². The Morgan fingerprint density at radius 1 is 1.18 bits per heavy atom. The number of benzene rings is 1. The molecule has 2 N–H and O–H groups in total. The van der Waals surface area contributed by atoms with Crippen LogP contribution in [-0.2, 0) is 14.8 Å². The number of nitrogens with zero attached hydrogens (tertiary/aromatic N) is 1. The highest BCUT2D eigenvalue weighted by Gasteiger charge is 2.24. The second-order valence-corrected chi connectivity index (χ2v) is 6.18. The minimum absolute atomic E-state index is 0.483. The van der Waals surface area contributed by atoms with Crippen LogP contribution in [0, 0.1) is 5.82 Å². The molecule has 0 aliphatic carbocycles. The number of sulfonamides is 1. The third kappa shape index (κ3) is 3.86. The molecule has 1 amide bonds. The highest BCUT2D eigenvalue weighted by molar-refractivity contribution is 7.89. The van der Waals surface area contributed by atoms with Crippen molar-refractivity contribution in [1.82, 2.24) is 9.71 Å². The number of aromatic nitrogens is 1. The zero-order valence-electron chi connectivity index (χ0n) is 11.7. The third-order valence-corrected chi connectivity index (χ3v) is 4.37. The molecule has 6 nitrogen and oxygen atoms in total. The predicted molar refractivity (Wildman–Crippen MR) is 79.1 cm³/mol. The van der Waals surface area contributed by atoms with Gasteiger partial charge in [0.1, 0.15) is 10.7 Å². The standard InChI is InChI=1S/C14H14FN3O3S/c1-10(14(19)17-11-6-8-16-9-7-11)18-22(20,21)13-5-3-2-4-12(13)15/h2-10,18H,1H3,(H,16,17,19)/t10-/m0/s1. The minimum atomic E-state index is -4.13. The molecule has 8 heteroatoms. The maximum atomic E-state index is 13.6. The zero-order chi connectivity index (χ0) is 16.2. The normalized spacial score (nSPS) is 12.6. The Hall–Kier alpha value is -2.32. The number of nitrogens with one attached hydrogen (secondary N) is 2. The van der Waals surface area contributed by atoms with E-state index in [0.717, 1.165) is 12.1 Å². The molecule has 22 heavy (non-hydrogen) atoms. The van der Waals surface area contributed by atoms with Crippen LogP contribution in [0.25, 0.3) is 0 Å². The van der Waals surface area contributed by atoms with E-state index in [2.05, 4.69) is 15.0 Å². The van der Waals surface area contributed by atoms with Gasteiger partial charge in [-0.15, -0.1) is 0 Å². The van der Waals surface area contributed by atoms with Crippen LogP contribution in [-0.4, -0.2) is 25.4 Å². The van der Waals surface area contributed by atoms with Gasteiger partial charge < -0.3 is 5.32 Å². The summed E-state index contributed by atoms with van der Waals surface area (Å²) < 4.78 is 39.9. The summed E-state index contributed by atoms with van der Waals surface area (Å²) in [6.07, 6.45) is 2.98. The van der Waals surface area contributed by atoms with Gasteiger partial charge >= 0.3 is 0 Å². The molecule has 0 spiro atoms. The van der Waals surface area contributed by atoms with Crippen LogP contribution in [0.5, 0.6) is 0 Å². The first kappa shape index (κ1) is 16.1. The van der Waals surface area contributed by atoms with Crippen molar-refractivity contribution in [2.75, 3.05) is 5.32 Å². The fraction of sp³-hybridized carbons (Fsp3) is 0.143. The van der Waals surface area contributed by atoms with Crippen molar-refractivity contribution in [3.05, 3.63) is 54.6 Å². The lowest BCUT2D eigenvalue weighted by Gasteiger charge is -2.14. The monoisotopic (exact) mass is 323 g/mol. The van der Waals surface area contributed by atoms with Gasteiger partial charge in [0.05, 0.1) is 6.04 Å². The summed E-state index contributed by atoms with van der Waals surface area (Å²) in [5.74, 6) is -1.44. The molecule has 0 aliphatic heterocycles. The lowest BCUT2D eigenvalue weighted by Crippen LogP contribution is -2.41. The molecule has 0 saturated heterocycles. The smallest absolute Gasteiger partial charge is 0.244 e. The summed E-state index contributed by atoms with van der Waals surface area (Å²) in [6, 6.07) is 7.01. The van der Waals surface area contributed by atoms with E-state index in [4.69, 9.17) is 0 Å². The second-order valence-electron chi connectivity index (χ2n) is 4.50. The number of rotatable bonds is 5. The van der Waals surface area contributed by atoms with Gasteiger partial charge in [0.2, 0.25) is 15.9 Å². The van der Waals surface area contributed by atoms with Crippen LogP contribution in [0.3, 0.4) is 0 Å². The van der Waals surface area contributed by atoms with Crippen LogP contribution >= 0.6 is 0 Å². The number of carbonyl (C=O) groups excluding carboxylic acids is 1. The van der Waals surface area contributed by atoms with Gasteiger partial charge in [0.25, 0.3) is 0 Å². The molecule has 0 bridgehead atoms. The summed E-state index contributed by atoms with van der Waals surface area (Å²) in [7, 11) is -4.13. The molecule has 0 saturated carbocycles. The quantitative estimate of drug-likeness (QED) is 0.873. The molecule has 116 valence electrons. The topological polar surface area (TPSA) is 88.2 Å². The van der Waals surface area contributed by atoms with Crippen molar-refractivity contribution in [3.63, 3.8) is 0 Å². The van der Waals surface area contributed by atoms with Crippen molar-refractivity contribution in [2.45, 2.75) is 17.9 Å². The van der Waals surface area contributed by atoms with E-state index in [1.54, 1.807) is 12.1 Å². The fourth-order valence-electron chi connectivity index (χ4n) is 1.70. The molecule has 0 fully saturated rings. The van der Waals surface area contributed by atoms with Crippen molar-refractivity contribution in [2.24, 2.45) is 0 Å². The van der Waals surface area contributed by atoms with Crippen LogP contribution in [0.2, 0.25) is 0 Å². The molecule has 1 aromatic heterocycles. The first-order valence-corrected chi connectivity index (χ1v) is 7.86. The van der Waals surface area contributed by atoms with Gasteiger partial charge in [0, 0.05) is 18.1 Å². The Bertz CT molecular complexity index is 766. The van der Waals surface area contributed by atoms with E-state index in [-0.39, 0.29) is 0 Å². The molecule has 1 aromatic carbocycles. The Morgan fingerprint density at radius 2 is 1.82 bits per heavy atom. The first-order chi connectivity index (χ1) is 10.4. The van der Waals surface area contributed by atoms with Crippen LogP contribution < -0.4 is 10.0 Å². The Kier molecular flexibility index (Phi) is 4.84. The van der Waals surface area contributed by atoms with E-state index in [1.165, 1.54) is 31.5 Å². The summed E-state index contributed by atoms with van der Waals surface area (Å²) in [5.41, 5.74) is 0.483. The molecule has 1 atom stereocenters. The van der Waals surface area contributed by atoms with E-state index in [0.29, 0.717) is 5.69 Å². The molecule has 1 heterocycles. The van der Waals surface area contributed by atoms with Gasteiger partial charge in [-0.25, -0.2) is 12.8 Å². The van der Waals surface area contributed by atoms with Gasteiger partial charge in [-0.2, -0.15) is 4.72 Å². The summed E-state index contributed by atoms with van der Waals surface area (Å²) >= 11 is 0. The Labute approximate surface area is 127 Å². The maximum Gasteiger partial charge on any atom is 0.244 e. The molecule has 0 radical (unpaired) electrons. The molecular weight excluding hydrogens is 309 g/mol. The number of carbonyl (C=O) groups is 1. The molecule has 2 rings (SSSR count). The van der Waals surface area contributed by atoms with Crippen LogP contribution in [0.4, 0.5) is 10.1 Å². The Balaban J connectivity index is 2.09. The number of pyridine rings is 1. The molecular formula is C14H14FN3O3S. The lowest BCUT2D eigenvalue weighted by molar-refractivity contribution is -0.117. The summed E-state index contributed by atoms with van der Waals surface area (Å²) in [5, 5.41) is 2.53. The average Bonchev–Trinajstić information content (AvgIpc) is 2.48. The number of amides is 1. The summed E-state index contributed by atoms with van der Waals surface area (Å²) in [4.78, 5) is 15.3. The largest absolute Gasteiger partial charge is 0.325 e. The van der Waals surface area contributed by atoms with Crippen molar-refractivity contribution >= 4 is 21.6 Å². The number of anilines is 1. The lowest BCUT2D eigenvalue weighted by atomic mass is 10.3. The zero-order valence-corrected chi connectivity index (χ0v) is 12.5. The highest BCUT2D eigenvalue weighted by Crippen LogP contribution is 2.14. The molecule has 0 aliphatic rings. The Morgan fingerprint density at radius 3 is 2.45 bits per heavy atom. The highest BCUT2D eigenvalue weighted by atomic mass is 32.2. The van der Waals surface area contributed by atoms with Crippen molar-refractivity contribution in [1.29, 1.82) is 0 Å². The van der Waals surface area contributed by atoms with Crippen molar-refractivity contribution in [3.8, 4) is 0 Å². The van der Waals surface area contributed by atoms with Crippen LogP contribution in [0.15, 0.2) is 53.7 Å². The third-order valence-electron chi connectivity index (χ3n) is 2.80. The van der Waals surface area contributed by atoms with Crippen molar-refractivity contribution < 1.29 is 17.6 Å².